The molecule has 2 N–H and O–H groups in total. The van der Waals surface area contributed by atoms with Gasteiger partial charge in [0.2, 0.25) is 0 Å². The first kappa shape index (κ1) is 22.2. The molecule has 3 rings (SSSR count). The molecule has 0 spiro atoms. The van der Waals surface area contributed by atoms with Gasteiger partial charge in [-0.05, 0) is 67.3 Å². The molecule has 2 aromatic rings. The summed E-state index contributed by atoms with van der Waals surface area (Å²) < 4.78 is 18.7. The Morgan fingerprint density at radius 3 is 2.57 bits per heavy atom. The topological polar surface area (TPSA) is 61.8 Å². The van der Waals surface area contributed by atoms with Crippen LogP contribution >= 0.6 is 0 Å². The number of nitrogens with one attached hydrogen (secondary N) is 1. The van der Waals surface area contributed by atoms with Crippen molar-refractivity contribution >= 4 is 5.91 Å². The third-order valence-electron chi connectivity index (χ3n) is 5.27. The largest absolute Gasteiger partial charge is 0.489 e. The van der Waals surface area contributed by atoms with Crippen LogP contribution in [0.3, 0.4) is 0 Å². The van der Waals surface area contributed by atoms with Gasteiger partial charge >= 0.3 is 0 Å². The summed E-state index contributed by atoms with van der Waals surface area (Å²) in [7, 11) is 0. The molecule has 2 atom stereocenters. The smallest absolute Gasteiger partial charge is 0.251 e. The van der Waals surface area contributed by atoms with Crippen molar-refractivity contribution in [3.8, 4) is 5.75 Å². The zero-order chi connectivity index (χ0) is 21.5. The van der Waals surface area contributed by atoms with Crippen molar-refractivity contribution in [2.75, 3.05) is 19.6 Å². The molecule has 30 heavy (non-hydrogen) atoms. The number of carbonyl (C=O) groups is 1. The molecular formula is C24H31FN2O3. The van der Waals surface area contributed by atoms with E-state index in [1.54, 1.807) is 36.4 Å². The number of carbonyl (C=O) groups excluding carboxylic acids is 1. The Kier molecular flexibility index (Phi) is 7.82. The number of hydrogen-bond acceptors (Lipinski definition) is 4. The van der Waals surface area contributed by atoms with Crippen molar-refractivity contribution in [3.63, 3.8) is 0 Å². The quantitative estimate of drug-likeness (QED) is 0.727. The molecule has 1 aliphatic heterocycles. The Morgan fingerprint density at radius 2 is 1.90 bits per heavy atom. The van der Waals surface area contributed by atoms with Gasteiger partial charge in [0.15, 0.2) is 0 Å². The summed E-state index contributed by atoms with van der Waals surface area (Å²) in [6, 6.07) is 12.8. The highest BCUT2D eigenvalue weighted by molar-refractivity contribution is 5.94. The normalized spacial score (nSPS) is 20.0. The Bertz CT molecular complexity index is 808. The molecular weight excluding hydrogens is 383 g/mol. The maximum atomic E-state index is 13.0. The molecule has 6 heteroatoms. The van der Waals surface area contributed by atoms with Crippen LogP contribution in [0.25, 0.3) is 0 Å². The second kappa shape index (κ2) is 10.5. The van der Waals surface area contributed by atoms with Crippen molar-refractivity contribution < 1.29 is 19.0 Å². The predicted octanol–water partition coefficient (Wildman–Crippen LogP) is 3.62. The van der Waals surface area contributed by atoms with Crippen molar-refractivity contribution in [1.82, 2.24) is 10.2 Å². The second-order valence-corrected chi connectivity index (χ2v) is 8.38. The molecule has 1 saturated heterocycles. The van der Waals surface area contributed by atoms with Crippen LogP contribution in [0.2, 0.25) is 0 Å². The molecule has 1 heterocycles. The molecule has 0 bridgehead atoms. The third kappa shape index (κ3) is 6.54. The van der Waals surface area contributed by atoms with Crippen LogP contribution in [0.1, 0.15) is 42.6 Å². The summed E-state index contributed by atoms with van der Waals surface area (Å²) in [5.74, 6) is 0.697. The molecule has 1 fully saturated rings. The number of benzene rings is 2. The van der Waals surface area contributed by atoms with Crippen LogP contribution in [0.5, 0.6) is 5.75 Å². The summed E-state index contributed by atoms with van der Waals surface area (Å²) in [6.07, 6.45) is 1.08. The molecule has 0 radical (unpaired) electrons. The highest BCUT2D eigenvalue weighted by atomic mass is 19.1. The van der Waals surface area contributed by atoms with Crippen LogP contribution in [0.15, 0.2) is 48.5 Å². The Labute approximate surface area is 177 Å². The van der Waals surface area contributed by atoms with Gasteiger partial charge in [-0.25, -0.2) is 4.39 Å². The lowest BCUT2D eigenvalue weighted by Gasteiger charge is -2.28. The van der Waals surface area contributed by atoms with Crippen LogP contribution < -0.4 is 10.1 Å². The SMILES string of the molecule is CC(C)CN1CCCC(O)C(NC(=O)c2ccc(OCc3ccc(F)cc3)cc2)C1. The second-order valence-electron chi connectivity index (χ2n) is 8.38. The van der Waals surface area contributed by atoms with E-state index >= 15 is 0 Å². The van der Waals surface area contributed by atoms with Gasteiger partial charge in [-0.3, -0.25) is 4.79 Å². The molecule has 162 valence electrons. The summed E-state index contributed by atoms with van der Waals surface area (Å²) in [6.45, 7) is 7.24. The fourth-order valence-corrected chi connectivity index (χ4v) is 3.74. The van der Waals surface area contributed by atoms with E-state index < -0.39 is 6.10 Å². The van der Waals surface area contributed by atoms with Crippen LogP contribution in [0.4, 0.5) is 4.39 Å². The molecule has 0 saturated carbocycles. The summed E-state index contributed by atoms with van der Waals surface area (Å²) in [4.78, 5) is 15.0. The first-order chi connectivity index (χ1) is 14.4. The summed E-state index contributed by atoms with van der Waals surface area (Å²) >= 11 is 0. The lowest BCUT2D eigenvalue weighted by atomic mass is 10.1. The molecule has 1 amide bonds. The zero-order valence-electron chi connectivity index (χ0n) is 17.7. The van der Waals surface area contributed by atoms with E-state index in [0.717, 1.165) is 25.1 Å². The first-order valence-electron chi connectivity index (χ1n) is 10.6. The van der Waals surface area contributed by atoms with Gasteiger partial charge in [0, 0.05) is 18.7 Å². The number of likely N-dealkylation sites (tertiary alicyclic amines) is 1. The predicted molar refractivity (Wildman–Crippen MR) is 115 cm³/mol. The first-order valence-corrected chi connectivity index (χ1v) is 10.6. The number of aliphatic hydroxyl groups is 1. The molecule has 0 aliphatic carbocycles. The number of hydrogen-bond donors (Lipinski definition) is 2. The number of ether oxygens (including phenoxy) is 1. The lowest BCUT2D eigenvalue weighted by molar-refractivity contribution is 0.0796. The number of aliphatic hydroxyl groups excluding tert-OH is 1. The van der Waals surface area contributed by atoms with Gasteiger partial charge in [0.05, 0.1) is 12.1 Å². The Hall–Kier alpha value is -2.44. The summed E-state index contributed by atoms with van der Waals surface area (Å²) in [5, 5.41) is 13.5. The average molecular weight is 415 g/mol. The van der Waals surface area contributed by atoms with E-state index in [0.29, 0.717) is 36.8 Å². The van der Waals surface area contributed by atoms with Crippen molar-refractivity contribution in [1.29, 1.82) is 0 Å². The molecule has 2 aromatic carbocycles. The number of nitrogens with zero attached hydrogens (tertiary/aromatic N) is 1. The van der Waals surface area contributed by atoms with E-state index in [-0.39, 0.29) is 17.8 Å². The molecule has 0 aromatic heterocycles. The third-order valence-corrected chi connectivity index (χ3v) is 5.27. The Balaban J connectivity index is 1.55. The number of halogens is 1. The summed E-state index contributed by atoms with van der Waals surface area (Å²) in [5.41, 5.74) is 1.39. The lowest BCUT2D eigenvalue weighted by Crippen LogP contribution is -2.49. The van der Waals surface area contributed by atoms with E-state index in [4.69, 9.17) is 4.74 Å². The van der Waals surface area contributed by atoms with Gasteiger partial charge in [-0.1, -0.05) is 26.0 Å². The minimum Gasteiger partial charge on any atom is -0.489 e. The minimum atomic E-state index is -0.538. The van der Waals surface area contributed by atoms with Crippen LogP contribution in [-0.4, -0.2) is 47.7 Å². The number of amides is 1. The molecule has 5 nitrogen and oxygen atoms in total. The van der Waals surface area contributed by atoms with Crippen LogP contribution in [-0.2, 0) is 6.61 Å². The van der Waals surface area contributed by atoms with Gasteiger partial charge in [-0.2, -0.15) is 0 Å². The van der Waals surface area contributed by atoms with E-state index in [1.165, 1.54) is 12.1 Å². The van der Waals surface area contributed by atoms with Crippen molar-refractivity contribution in [2.45, 2.75) is 45.4 Å². The maximum Gasteiger partial charge on any atom is 0.251 e. The van der Waals surface area contributed by atoms with E-state index in [2.05, 4.69) is 24.1 Å². The van der Waals surface area contributed by atoms with Gasteiger partial charge in [0.1, 0.15) is 18.2 Å². The highest BCUT2D eigenvalue weighted by Crippen LogP contribution is 2.17. The van der Waals surface area contributed by atoms with Gasteiger partial charge in [0.25, 0.3) is 5.91 Å². The van der Waals surface area contributed by atoms with Crippen molar-refractivity contribution in [2.24, 2.45) is 5.92 Å². The van der Waals surface area contributed by atoms with Gasteiger partial charge < -0.3 is 20.1 Å². The standard InChI is InChI=1S/C24H31FN2O3/c1-17(2)14-27-13-3-4-23(28)22(15-27)26-24(29)19-7-11-21(12-8-19)30-16-18-5-9-20(25)10-6-18/h5-12,17,22-23,28H,3-4,13-16H2,1-2H3,(H,26,29). The fourth-order valence-electron chi connectivity index (χ4n) is 3.74. The maximum absolute atomic E-state index is 13.0. The molecule has 2 unspecified atom stereocenters. The fraction of sp³-hybridized carbons (Fsp3) is 0.458. The van der Waals surface area contributed by atoms with E-state index in [9.17, 15) is 14.3 Å². The number of rotatable bonds is 7. The minimum absolute atomic E-state index is 0.199. The van der Waals surface area contributed by atoms with E-state index in [1.807, 2.05) is 0 Å². The average Bonchev–Trinajstić information content (AvgIpc) is 2.88. The highest BCUT2D eigenvalue weighted by Gasteiger charge is 2.27. The molecule has 1 aliphatic rings. The van der Waals surface area contributed by atoms with Crippen LogP contribution in [0, 0.1) is 11.7 Å². The Morgan fingerprint density at radius 1 is 1.20 bits per heavy atom. The monoisotopic (exact) mass is 414 g/mol. The zero-order valence-corrected chi connectivity index (χ0v) is 17.7. The van der Waals surface area contributed by atoms with Crippen molar-refractivity contribution in [3.05, 3.63) is 65.5 Å². The van der Waals surface area contributed by atoms with Gasteiger partial charge in [-0.15, -0.1) is 0 Å².